The van der Waals surface area contributed by atoms with Gasteiger partial charge in [0, 0.05) is 4.47 Å². The molecule has 0 atom stereocenters. The Morgan fingerprint density at radius 3 is 2.21 bits per heavy atom. The van der Waals surface area contributed by atoms with E-state index in [9.17, 15) is 0 Å². The van der Waals surface area contributed by atoms with Gasteiger partial charge in [-0.1, -0.05) is 28.1 Å². The predicted octanol–water partition coefficient (Wildman–Crippen LogP) is 3.53. The Labute approximate surface area is 111 Å². The van der Waals surface area contributed by atoms with Gasteiger partial charge in [-0.3, -0.25) is 0 Å². The van der Waals surface area contributed by atoms with Crippen LogP contribution in [0.25, 0.3) is 0 Å². The standard InChI is InChI=1S/C11H14BrN.HI/c12-11-3-1-9(2-4-11)10-5-7-13-8-6-10;/h1-4,10,13H,5-8H2;1H. The van der Waals surface area contributed by atoms with Gasteiger partial charge >= 0.3 is 0 Å². The minimum atomic E-state index is 0. The molecule has 1 fully saturated rings. The Morgan fingerprint density at radius 1 is 1.07 bits per heavy atom. The lowest BCUT2D eigenvalue weighted by Crippen LogP contribution is -2.26. The molecule has 1 nitrogen and oxygen atoms in total. The van der Waals surface area contributed by atoms with Gasteiger partial charge in [-0.15, -0.1) is 24.0 Å². The lowest BCUT2D eigenvalue weighted by atomic mass is 9.90. The topological polar surface area (TPSA) is 12.0 Å². The molecule has 1 heterocycles. The number of hydrogen-bond acceptors (Lipinski definition) is 1. The zero-order valence-corrected chi connectivity index (χ0v) is 11.9. The van der Waals surface area contributed by atoms with Crippen molar-refractivity contribution in [1.82, 2.24) is 5.32 Å². The SMILES string of the molecule is Brc1ccc(C2CCNCC2)cc1.I. The minimum Gasteiger partial charge on any atom is -0.317 e. The van der Waals surface area contributed by atoms with E-state index in [1.807, 2.05) is 0 Å². The molecule has 0 aromatic heterocycles. The summed E-state index contributed by atoms with van der Waals surface area (Å²) in [5.74, 6) is 0.773. The smallest absolute Gasteiger partial charge is 0.0175 e. The van der Waals surface area contributed by atoms with Gasteiger partial charge in [0.15, 0.2) is 0 Å². The van der Waals surface area contributed by atoms with Crippen molar-refractivity contribution in [1.29, 1.82) is 0 Å². The fourth-order valence-electron chi connectivity index (χ4n) is 1.89. The third-order valence-electron chi connectivity index (χ3n) is 2.68. The van der Waals surface area contributed by atoms with Gasteiger partial charge in [-0.25, -0.2) is 0 Å². The van der Waals surface area contributed by atoms with Crippen LogP contribution >= 0.6 is 39.9 Å². The molecule has 0 unspecified atom stereocenters. The van der Waals surface area contributed by atoms with Gasteiger partial charge in [-0.05, 0) is 49.5 Å². The van der Waals surface area contributed by atoms with E-state index in [-0.39, 0.29) is 24.0 Å². The first-order chi connectivity index (χ1) is 6.36. The fourth-order valence-corrected chi connectivity index (χ4v) is 2.15. The van der Waals surface area contributed by atoms with Crippen LogP contribution in [0.4, 0.5) is 0 Å². The molecule has 1 N–H and O–H groups in total. The van der Waals surface area contributed by atoms with Crippen LogP contribution in [0.2, 0.25) is 0 Å². The van der Waals surface area contributed by atoms with E-state index in [2.05, 4.69) is 45.5 Å². The summed E-state index contributed by atoms with van der Waals surface area (Å²) in [5.41, 5.74) is 1.49. The van der Waals surface area contributed by atoms with E-state index in [4.69, 9.17) is 0 Å². The monoisotopic (exact) mass is 367 g/mol. The zero-order valence-electron chi connectivity index (χ0n) is 8.00. The van der Waals surface area contributed by atoms with Crippen molar-refractivity contribution < 1.29 is 0 Å². The summed E-state index contributed by atoms with van der Waals surface area (Å²) in [6.07, 6.45) is 2.56. The highest BCUT2D eigenvalue weighted by Crippen LogP contribution is 2.25. The van der Waals surface area contributed by atoms with Crippen LogP contribution in [0.1, 0.15) is 24.3 Å². The Balaban J connectivity index is 0.000000980. The first-order valence-electron chi connectivity index (χ1n) is 4.82. The largest absolute Gasteiger partial charge is 0.317 e. The molecule has 0 bridgehead atoms. The molecule has 1 aliphatic heterocycles. The van der Waals surface area contributed by atoms with E-state index >= 15 is 0 Å². The average molecular weight is 368 g/mol. The molecule has 1 saturated heterocycles. The van der Waals surface area contributed by atoms with E-state index in [1.165, 1.54) is 36.0 Å². The maximum Gasteiger partial charge on any atom is 0.0175 e. The van der Waals surface area contributed by atoms with Crippen LogP contribution in [-0.2, 0) is 0 Å². The molecule has 1 aromatic rings. The highest BCUT2D eigenvalue weighted by molar-refractivity contribution is 14.0. The quantitative estimate of drug-likeness (QED) is 0.748. The van der Waals surface area contributed by atoms with Crippen LogP contribution in [0.15, 0.2) is 28.7 Å². The van der Waals surface area contributed by atoms with Gasteiger partial charge in [0.2, 0.25) is 0 Å². The van der Waals surface area contributed by atoms with Crippen molar-refractivity contribution in [2.24, 2.45) is 0 Å². The lowest BCUT2D eigenvalue weighted by molar-refractivity contribution is 0.460. The Morgan fingerprint density at radius 2 is 1.64 bits per heavy atom. The molecule has 1 aliphatic rings. The van der Waals surface area contributed by atoms with Gasteiger partial charge in [0.25, 0.3) is 0 Å². The number of hydrogen-bond donors (Lipinski definition) is 1. The van der Waals surface area contributed by atoms with Gasteiger partial charge in [0.1, 0.15) is 0 Å². The van der Waals surface area contributed by atoms with Gasteiger partial charge in [-0.2, -0.15) is 0 Å². The number of nitrogens with one attached hydrogen (secondary N) is 1. The number of benzene rings is 1. The van der Waals surface area contributed by atoms with Crippen molar-refractivity contribution >= 4 is 39.9 Å². The number of halogens is 2. The van der Waals surface area contributed by atoms with Crippen LogP contribution in [-0.4, -0.2) is 13.1 Å². The van der Waals surface area contributed by atoms with Crippen molar-refractivity contribution in [2.45, 2.75) is 18.8 Å². The van der Waals surface area contributed by atoms with E-state index in [0.29, 0.717) is 0 Å². The molecule has 0 saturated carbocycles. The number of piperidine rings is 1. The second-order valence-electron chi connectivity index (χ2n) is 3.58. The second-order valence-corrected chi connectivity index (χ2v) is 4.49. The first-order valence-corrected chi connectivity index (χ1v) is 5.62. The molecule has 0 radical (unpaired) electrons. The molecule has 78 valence electrons. The van der Waals surface area contributed by atoms with Crippen molar-refractivity contribution in [3.63, 3.8) is 0 Å². The summed E-state index contributed by atoms with van der Waals surface area (Å²) in [5, 5.41) is 3.39. The molecular weight excluding hydrogens is 353 g/mol. The summed E-state index contributed by atoms with van der Waals surface area (Å²) in [6, 6.07) is 8.74. The Bertz CT molecular complexity index is 267. The lowest BCUT2D eigenvalue weighted by Gasteiger charge is -2.22. The first kappa shape index (κ1) is 12.5. The fraction of sp³-hybridized carbons (Fsp3) is 0.455. The highest BCUT2D eigenvalue weighted by Gasteiger charge is 2.14. The third kappa shape index (κ3) is 3.21. The molecule has 2 rings (SSSR count). The number of rotatable bonds is 1. The summed E-state index contributed by atoms with van der Waals surface area (Å²) < 4.78 is 1.17. The summed E-state index contributed by atoms with van der Waals surface area (Å²) in [6.45, 7) is 2.33. The molecule has 0 spiro atoms. The van der Waals surface area contributed by atoms with E-state index in [1.54, 1.807) is 0 Å². The van der Waals surface area contributed by atoms with Crippen LogP contribution in [0.3, 0.4) is 0 Å². The van der Waals surface area contributed by atoms with Crippen molar-refractivity contribution in [3.8, 4) is 0 Å². The Kier molecular flexibility index (Phi) is 5.41. The maximum absolute atomic E-state index is 3.46. The normalized spacial score (nSPS) is 17.5. The molecule has 1 aromatic carbocycles. The zero-order chi connectivity index (χ0) is 9.10. The van der Waals surface area contributed by atoms with Crippen LogP contribution in [0, 0.1) is 0 Å². The average Bonchev–Trinajstić information content (AvgIpc) is 2.20. The van der Waals surface area contributed by atoms with Gasteiger partial charge < -0.3 is 5.32 Å². The van der Waals surface area contributed by atoms with E-state index < -0.39 is 0 Å². The third-order valence-corrected chi connectivity index (χ3v) is 3.21. The molecular formula is C11H15BrIN. The molecule has 0 amide bonds. The van der Waals surface area contributed by atoms with Gasteiger partial charge in [0.05, 0.1) is 0 Å². The van der Waals surface area contributed by atoms with Crippen molar-refractivity contribution in [2.75, 3.05) is 13.1 Å². The summed E-state index contributed by atoms with van der Waals surface area (Å²) >= 11 is 3.46. The predicted molar refractivity (Wildman–Crippen MR) is 74.4 cm³/mol. The maximum atomic E-state index is 3.46. The van der Waals surface area contributed by atoms with E-state index in [0.717, 1.165) is 5.92 Å². The van der Waals surface area contributed by atoms with Crippen LogP contribution in [0.5, 0.6) is 0 Å². The molecule has 14 heavy (non-hydrogen) atoms. The molecule has 0 aliphatic carbocycles. The molecule has 3 heteroatoms. The van der Waals surface area contributed by atoms with Crippen molar-refractivity contribution in [3.05, 3.63) is 34.3 Å². The highest BCUT2D eigenvalue weighted by atomic mass is 127. The van der Waals surface area contributed by atoms with Crippen LogP contribution < -0.4 is 5.32 Å². The Hall–Kier alpha value is 0.390. The minimum absolute atomic E-state index is 0. The second kappa shape index (κ2) is 6.08. The summed E-state index contributed by atoms with van der Waals surface area (Å²) in [7, 11) is 0. The summed E-state index contributed by atoms with van der Waals surface area (Å²) in [4.78, 5) is 0.